The van der Waals surface area contributed by atoms with Gasteiger partial charge in [-0.2, -0.15) is 13.2 Å². The van der Waals surface area contributed by atoms with E-state index in [0.717, 1.165) is 38.2 Å². The molecule has 104 valence electrons. The Labute approximate surface area is 109 Å². The van der Waals surface area contributed by atoms with Gasteiger partial charge >= 0.3 is 6.18 Å². The number of hydrogen-bond donors (Lipinski definition) is 2. The quantitative estimate of drug-likeness (QED) is 0.812. The molecule has 1 aromatic rings. The second-order valence-electron chi connectivity index (χ2n) is 4.77. The number of fused-ring (bicyclic) bond motifs is 1. The van der Waals surface area contributed by atoms with Crippen molar-refractivity contribution in [2.24, 2.45) is 0 Å². The van der Waals surface area contributed by atoms with Crippen LogP contribution in [0.4, 0.5) is 24.7 Å². The van der Waals surface area contributed by atoms with Gasteiger partial charge in [-0.25, -0.2) is 4.98 Å². The van der Waals surface area contributed by atoms with Gasteiger partial charge in [-0.1, -0.05) is 0 Å². The number of piperazine rings is 1. The largest absolute Gasteiger partial charge is 0.433 e. The fourth-order valence-corrected chi connectivity index (χ4v) is 2.59. The molecular weight excluding hydrogens is 257 g/mol. The van der Waals surface area contributed by atoms with Gasteiger partial charge in [0, 0.05) is 44.0 Å². The summed E-state index contributed by atoms with van der Waals surface area (Å²) < 4.78 is 38.6. The van der Waals surface area contributed by atoms with E-state index in [1.54, 1.807) is 0 Å². The topological polar surface area (TPSA) is 40.2 Å². The van der Waals surface area contributed by atoms with Gasteiger partial charge < -0.3 is 15.5 Å². The minimum Gasteiger partial charge on any atom is -0.369 e. The Bertz CT molecular complexity index is 481. The lowest BCUT2D eigenvalue weighted by molar-refractivity contribution is -0.141. The summed E-state index contributed by atoms with van der Waals surface area (Å²) in [6, 6.07) is 1.19. The molecule has 0 unspecified atom stereocenters. The standard InChI is InChI=1S/C12H15F3N4/c13-12(14,15)10-7-9(19-5-3-16-4-6-19)8-1-2-17-11(8)18-10/h7,16H,1-6H2,(H,17,18). The smallest absolute Gasteiger partial charge is 0.369 e. The molecule has 0 aromatic carbocycles. The van der Waals surface area contributed by atoms with E-state index < -0.39 is 11.9 Å². The van der Waals surface area contributed by atoms with Crippen LogP contribution in [0.3, 0.4) is 0 Å². The Kier molecular flexibility index (Phi) is 3.00. The lowest BCUT2D eigenvalue weighted by Gasteiger charge is -2.31. The molecule has 0 amide bonds. The van der Waals surface area contributed by atoms with Gasteiger partial charge in [-0.3, -0.25) is 0 Å². The molecule has 19 heavy (non-hydrogen) atoms. The van der Waals surface area contributed by atoms with Crippen molar-refractivity contribution in [1.29, 1.82) is 0 Å². The van der Waals surface area contributed by atoms with Crippen molar-refractivity contribution in [3.05, 3.63) is 17.3 Å². The molecule has 0 spiro atoms. The first-order valence-electron chi connectivity index (χ1n) is 6.36. The number of halogens is 3. The van der Waals surface area contributed by atoms with E-state index in [2.05, 4.69) is 15.6 Å². The molecular formula is C12H15F3N4. The zero-order chi connectivity index (χ0) is 13.5. The Morgan fingerprint density at radius 3 is 2.58 bits per heavy atom. The molecule has 1 saturated heterocycles. The van der Waals surface area contributed by atoms with E-state index in [9.17, 15) is 13.2 Å². The monoisotopic (exact) mass is 272 g/mol. The summed E-state index contributed by atoms with van der Waals surface area (Å²) in [4.78, 5) is 5.71. The summed E-state index contributed by atoms with van der Waals surface area (Å²) >= 11 is 0. The average Bonchev–Trinajstić information content (AvgIpc) is 2.85. The molecule has 1 aromatic heterocycles. The summed E-state index contributed by atoms with van der Waals surface area (Å²) in [5, 5.41) is 6.14. The molecule has 0 atom stereocenters. The molecule has 7 heteroatoms. The maximum absolute atomic E-state index is 12.9. The third-order valence-electron chi connectivity index (χ3n) is 3.52. The highest BCUT2D eigenvalue weighted by atomic mass is 19.4. The Morgan fingerprint density at radius 2 is 1.89 bits per heavy atom. The number of aromatic nitrogens is 1. The van der Waals surface area contributed by atoms with E-state index in [1.165, 1.54) is 6.07 Å². The minimum absolute atomic E-state index is 0.392. The van der Waals surface area contributed by atoms with Gasteiger partial charge in [0.05, 0.1) is 0 Å². The van der Waals surface area contributed by atoms with E-state index >= 15 is 0 Å². The lowest BCUT2D eigenvalue weighted by atomic mass is 10.1. The first-order valence-corrected chi connectivity index (χ1v) is 6.36. The molecule has 3 heterocycles. The number of pyridine rings is 1. The predicted molar refractivity (Wildman–Crippen MR) is 66.5 cm³/mol. The zero-order valence-electron chi connectivity index (χ0n) is 10.3. The van der Waals surface area contributed by atoms with Gasteiger partial charge in [0.15, 0.2) is 0 Å². The third kappa shape index (κ3) is 2.34. The van der Waals surface area contributed by atoms with E-state index in [-0.39, 0.29) is 0 Å². The van der Waals surface area contributed by atoms with Gasteiger partial charge in [-0.05, 0) is 12.5 Å². The first-order chi connectivity index (χ1) is 9.05. The van der Waals surface area contributed by atoms with Crippen molar-refractivity contribution in [2.45, 2.75) is 12.6 Å². The van der Waals surface area contributed by atoms with E-state index in [0.29, 0.717) is 18.1 Å². The van der Waals surface area contributed by atoms with Crippen molar-refractivity contribution in [3.8, 4) is 0 Å². The van der Waals surface area contributed by atoms with Crippen LogP contribution in [-0.2, 0) is 12.6 Å². The molecule has 0 aliphatic carbocycles. The molecule has 2 aliphatic heterocycles. The summed E-state index contributed by atoms with van der Waals surface area (Å²) in [6.07, 6.45) is -3.66. The summed E-state index contributed by atoms with van der Waals surface area (Å²) in [6.45, 7) is 3.71. The van der Waals surface area contributed by atoms with Gasteiger partial charge in [0.2, 0.25) is 0 Å². The van der Waals surface area contributed by atoms with Crippen molar-refractivity contribution in [2.75, 3.05) is 42.9 Å². The Balaban J connectivity index is 2.04. The highest BCUT2D eigenvalue weighted by Gasteiger charge is 2.35. The number of nitrogens with zero attached hydrogens (tertiary/aromatic N) is 2. The SMILES string of the molecule is FC(F)(F)c1cc(N2CCNCC2)c2c(n1)NCC2. The van der Waals surface area contributed by atoms with Gasteiger partial charge in [0.1, 0.15) is 11.5 Å². The predicted octanol–water partition coefficient (Wildman–Crippen LogP) is 1.48. The number of hydrogen-bond acceptors (Lipinski definition) is 4. The minimum atomic E-state index is -4.40. The second kappa shape index (κ2) is 4.56. The van der Waals surface area contributed by atoms with Gasteiger partial charge in [0.25, 0.3) is 0 Å². The van der Waals surface area contributed by atoms with E-state index in [4.69, 9.17) is 0 Å². The maximum atomic E-state index is 12.9. The molecule has 1 fully saturated rings. The number of alkyl halides is 3. The molecule has 2 N–H and O–H groups in total. The average molecular weight is 272 g/mol. The highest BCUT2D eigenvalue weighted by Crippen LogP contribution is 2.37. The summed E-state index contributed by atoms with van der Waals surface area (Å²) in [5.41, 5.74) is 0.785. The van der Waals surface area contributed by atoms with Crippen LogP contribution >= 0.6 is 0 Å². The van der Waals surface area contributed by atoms with Crippen molar-refractivity contribution in [3.63, 3.8) is 0 Å². The second-order valence-corrected chi connectivity index (χ2v) is 4.77. The summed E-state index contributed by atoms with van der Waals surface area (Å²) in [5.74, 6) is 0.392. The van der Waals surface area contributed by atoms with Gasteiger partial charge in [-0.15, -0.1) is 0 Å². The number of rotatable bonds is 1. The fourth-order valence-electron chi connectivity index (χ4n) is 2.59. The van der Waals surface area contributed by atoms with Crippen molar-refractivity contribution >= 4 is 11.5 Å². The van der Waals surface area contributed by atoms with Crippen molar-refractivity contribution < 1.29 is 13.2 Å². The number of anilines is 2. The zero-order valence-corrected chi connectivity index (χ0v) is 10.3. The van der Waals surface area contributed by atoms with Crippen LogP contribution in [0.25, 0.3) is 0 Å². The van der Waals surface area contributed by atoms with Crippen LogP contribution in [0.5, 0.6) is 0 Å². The summed E-state index contributed by atoms with van der Waals surface area (Å²) in [7, 11) is 0. The molecule has 4 nitrogen and oxygen atoms in total. The van der Waals surface area contributed by atoms with Crippen LogP contribution in [-0.4, -0.2) is 37.7 Å². The highest BCUT2D eigenvalue weighted by molar-refractivity contribution is 5.67. The van der Waals surface area contributed by atoms with Crippen LogP contribution in [0.15, 0.2) is 6.07 Å². The van der Waals surface area contributed by atoms with Crippen LogP contribution in [0, 0.1) is 0 Å². The Morgan fingerprint density at radius 1 is 1.16 bits per heavy atom. The third-order valence-corrected chi connectivity index (χ3v) is 3.52. The molecule has 3 rings (SSSR count). The Hall–Kier alpha value is -1.50. The van der Waals surface area contributed by atoms with Crippen LogP contribution in [0.2, 0.25) is 0 Å². The van der Waals surface area contributed by atoms with Crippen LogP contribution in [0.1, 0.15) is 11.3 Å². The normalized spacial score (nSPS) is 19.2. The molecule has 0 radical (unpaired) electrons. The molecule has 0 bridgehead atoms. The number of nitrogens with one attached hydrogen (secondary N) is 2. The molecule has 0 saturated carbocycles. The first kappa shape index (κ1) is 12.5. The molecule has 2 aliphatic rings. The van der Waals surface area contributed by atoms with Crippen molar-refractivity contribution in [1.82, 2.24) is 10.3 Å². The fraction of sp³-hybridized carbons (Fsp3) is 0.583. The van der Waals surface area contributed by atoms with E-state index in [1.807, 2.05) is 4.90 Å². The lowest BCUT2D eigenvalue weighted by Crippen LogP contribution is -2.44. The maximum Gasteiger partial charge on any atom is 0.433 e. The van der Waals surface area contributed by atoms with Crippen LogP contribution < -0.4 is 15.5 Å².